The van der Waals surface area contributed by atoms with Crippen LogP contribution in [0, 0.1) is 0 Å². The van der Waals surface area contributed by atoms with Crippen molar-refractivity contribution in [2.45, 2.75) is 25.8 Å². The molecule has 14 heavy (non-hydrogen) atoms. The van der Waals surface area contributed by atoms with E-state index < -0.39 is 0 Å². The number of amides is 1. The Balaban J connectivity index is 2.16. The molecule has 3 nitrogen and oxygen atoms in total. The van der Waals surface area contributed by atoms with E-state index in [-0.39, 0.29) is 5.91 Å². The third-order valence-corrected chi connectivity index (χ3v) is 2.72. The number of aromatic nitrogens is 1. The lowest BCUT2D eigenvalue weighted by Crippen LogP contribution is -2.33. The van der Waals surface area contributed by atoms with Crippen LogP contribution in [-0.4, -0.2) is 28.4 Å². The summed E-state index contributed by atoms with van der Waals surface area (Å²) in [7, 11) is 0. The van der Waals surface area contributed by atoms with E-state index in [0.29, 0.717) is 11.6 Å². The van der Waals surface area contributed by atoms with Crippen LogP contribution >= 0.6 is 0 Å². The molecule has 0 aliphatic carbocycles. The van der Waals surface area contributed by atoms with Crippen LogP contribution in [0.2, 0.25) is 0 Å². The fraction of sp³-hybridized carbons (Fsp3) is 0.455. The molecule has 2 heterocycles. The lowest BCUT2D eigenvalue weighted by atomic mass is 10.2. The van der Waals surface area contributed by atoms with E-state index in [1.807, 2.05) is 11.0 Å². The van der Waals surface area contributed by atoms with Crippen molar-refractivity contribution in [1.82, 2.24) is 9.88 Å². The van der Waals surface area contributed by atoms with Gasteiger partial charge in [-0.15, -0.1) is 0 Å². The molecule has 0 bridgehead atoms. The van der Waals surface area contributed by atoms with E-state index in [0.717, 1.165) is 19.4 Å². The van der Waals surface area contributed by atoms with Crippen LogP contribution in [0.1, 0.15) is 30.1 Å². The van der Waals surface area contributed by atoms with Crippen LogP contribution in [0.4, 0.5) is 0 Å². The first-order chi connectivity index (χ1) is 6.79. The largest absolute Gasteiger partial charge is 0.336 e. The maximum Gasteiger partial charge on any atom is 0.255 e. The smallest absolute Gasteiger partial charge is 0.255 e. The summed E-state index contributed by atoms with van der Waals surface area (Å²) in [6, 6.07) is 4.00. The Kier molecular flexibility index (Phi) is 2.48. The van der Waals surface area contributed by atoms with Crippen LogP contribution < -0.4 is 0 Å². The first kappa shape index (κ1) is 9.19. The first-order valence-corrected chi connectivity index (χ1v) is 5.00. The van der Waals surface area contributed by atoms with E-state index in [2.05, 4.69) is 11.9 Å². The fourth-order valence-corrected chi connectivity index (χ4v) is 1.89. The molecule has 1 aliphatic heterocycles. The summed E-state index contributed by atoms with van der Waals surface area (Å²) < 4.78 is 0. The normalized spacial score (nSPS) is 21.2. The third kappa shape index (κ3) is 1.62. The molecule has 1 aromatic heterocycles. The number of hydrogen-bond acceptors (Lipinski definition) is 2. The van der Waals surface area contributed by atoms with Crippen molar-refractivity contribution in [2.75, 3.05) is 6.54 Å². The minimum absolute atomic E-state index is 0.114. The van der Waals surface area contributed by atoms with Gasteiger partial charge in [0.1, 0.15) is 0 Å². The second kappa shape index (κ2) is 3.78. The summed E-state index contributed by atoms with van der Waals surface area (Å²) in [6.07, 6.45) is 5.55. The van der Waals surface area contributed by atoms with E-state index in [9.17, 15) is 4.79 Å². The second-order valence-corrected chi connectivity index (χ2v) is 3.73. The van der Waals surface area contributed by atoms with Crippen LogP contribution in [0.3, 0.4) is 0 Å². The lowest BCUT2D eigenvalue weighted by Gasteiger charge is -2.21. The molecule has 0 aromatic carbocycles. The Morgan fingerprint density at radius 1 is 1.64 bits per heavy atom. The molecule has 0 unspecified atom stereocenters. The van der Waals surface area contributed by atoms with Crippen LogP contribution in [0.5, 0.6) is 0 Å². The molecular weight excluding hydrogens is 176 g/mol. The Morgan fingerprint density at radius 2 is 2.50 bits per heavy atom. The van der Waals surface area contributed by atoms with Gasteiger partial charge in [-0.1, -0.05) is 0 Å². The van der Waals surface area contributed by atoms with Crippen molar-refractivity contribution in [3.63, 3.8) is 0 Å². The van der Waals surface area contributed by atoms with E-state index in [1.54, 1.807) is 18.5 Å². The van der Waals surface area contributed by atoms with Crippen molar-refractivity contribution in [3.05, 3.63) is 30.1 Å². The highest BCUT2D eigenvalue weighted by molar-refractivity contribution is 5.94. The maximum atomic E-state index is 11.9. The number of nitrogens with zero attached hydrogens (tertiary/aromatic N) is 2. The molecule has 0 radical (unpaired) electrons. The molecule has 1 saturated heterocycles. The topological polar surface area (TPSA) is 33.2 Å². The molecule has 1 aromatic rings. The van der Waals surface area contributed by atoms with Crippen molar-refractivity contribution in [2.24, 2.45) is 0 Å². The number of likely N-dealkylation sites (tertiary alicyclic amines) is 1. The van der Waals surface area contributed by atoms with Gasteiger partial charge < -0.3 is 4.90 Å². The van der Waals surface area contributed by atoms with Gasteiger partial charge in [0.25, 0.3) is 5.91 Å². The SMILES string of the molecule is C[C@@H]1CCCN1C(=O)c1cccnc1. The van der Waals surface area contributed by atoms with Gasteiger partial charge in [-0.2, -0.15) is 0 Å². The number of carbonyl (C=O) groups is 1. The molecular formula is C11H14N2O. The van der Waals surface area contributed by atoms with Crippen LogP contribution in [0.15, 0.2) is 24.5 Å². The van der Waals surface area contributed by atoms with E-state index >= 15 is 0 Å². The van der Waals surface area contributed by atoms with Gasteiger partial charge in [0, 0.05) is 25.0 Å². The maximum absolute atomic E-state index is 11.9. The minimum atomic E-state index is 0.114. The van der Waals surface area contributed by atoms with Gasteiger partial charge >= 0.3 is 0 Å². The van der Waals surface area contributed by atoms with Gasteiger partial charge in [0.15, 0.2) is 0 Å². The fourth-order valence-electron chi connectivity index (χ4n) is 1.89. The Hall–Kier alpha value is -1.38. The molecule has 1 amide bonds. The molecule has 0 spiro atoms. The Morgan fingerprint density at radius 3 is 3.07 bits per heavy atom. The predicted octanol–water partition coefficient (Wildman–Crippen LogP) is 1.71. The third-order valence-electron chi connectivity index (χ3n) is 2.72. The van der Waals surface area contributed by atoms with Crippen LogP contribution in [-0.2, 0) is 0 Å². The minimum Gasteiger partial charge on any atom is -0.336 e. The van der Waals surface area contributed by atoms with Gasteiger partial charge in [0.05, 0.1) is 5.56 Å². The summed E-state index contributed by atoms with van der Waals surface area (Å²) in [5.41, 5.74) is 0.696. The standard InChI is InChI=1S/C11H14N2O/c1-9-4-3-7-13(9)11(14)10-5-2-6-12-8-10/h2,5-6,8-9H,3-4,7H2,1H3/t9-/m1/s1. The molecule has 0 saturated carbocycles. The van der Waals surface area contributed by atoms with Crippen molar-refractivity contribution >= 4 is 5.91 Å². The van der Waals surface area contributed by atoms with E-state index in [4.69, 9.17) is 0 Å². The van der Waals surface area contributed by atoms with Gasteiger partial charge in [-0.25, -0.2) is 0 Å². The highest BCUT2D eigenvalue weighted by Crippen LogP contribution is 2.18. The average Bonchev–Trinajstić information content (AvgIpc) is 2.65. The number of pyridine rings is 1. The number of rotatable bonds is 1. The van der Waals surface area contributed by atoms with Crippen molar-refractivity contribution < 1.29 is 4.79 Å². The zero-order chi connectivity index (χ0) is 9.97. The average molecular weight is 190 g/mol. The molecule has 1 atom stereocenters. The summed E-state index contributed by atoms with van der Waals surface area (Å²) in [5.74, 6) is 0.114. The van der Waals surface area contributed by atoms with Gasteiger partial charge in [-0.05, 0) is 31.9 Å². The number of hydrogen-bond donors (Lipinski definition) is 0. The van der Waals surface area contributed by atoms with Crippen molar-refractivity contribution in [1.29, 1.82) is 0 Å². The Bertz CT molecular complexity index is 323. The summed E-state index contributed by atoms with van der Waals surface area (Å²) in [6.45, 7) is 2.98. The number of carbonyl (C=O) groups excluding carboxylic acids is 1. The lowest BCUT2D eigenvalue weighted by molar-refractivity contribution is 0.0747. The highest BCUT2D eigenvalue weighted by atomic mass is 16.2. The molecule has 1 fully saturated rings. The zero-order valence-electron chi connectivity index (χ0n) is 8.31. The van der Waals surface area contributed by atoms with Crippen molar-refractivity contribution in [3.8, 4) is 0 Å². The quantitative estimate of drug-likeness (QED) is 0.675. The zero-order valence-corrected chi connectivity index (χ0v) is 8.31. The summed E-state index contributed by atoms with van der Waals surface area (Å²) >= 11 is 0. The van der Waals surface area contributed by atoms with Crippen LogP contribution in [0.25, 0.3) is 0 Å². The van der Waals surface area contributed by atoms with Gasteiger partial charge in [-0.3, -0.25) is 9.78 Å². The predicted molar refractivity (Wildman–Crippen MR) is 54.0 cm³/mol. The molecule has 74 valence electrons. The summed E-state index contributed by atoms with van der Waals surface area (Å²) in [5, 5.41) is 0. The molecule has 1 aliphatic rings. The summed E-state index contributed by atoms with van der Waals surface area (Å²) in [4.78, 5) is 17.8. The Labute approximate surface area is 83.8 Å². The second-order valence-electron chi connectivity index (χ2n) is 3.73. The van der Waals surface area contributed by atoms with Gasteiger partial charge in [0.2, 0.25) is 0 Å². The monoisotopic (exact) mass is 190 g/mol. The highest BCUT2D eigenvalue weighted by Gasteiger charge is 2.25. The molecule has 0 N–H and O–H groups in total. The first-order valence-electron chi connectivity index (χ1n) is 5.00. The molecule has 3 heteroatoms. The van der Waals surface area contributed by atoms with E-state index in [1.165, 1.54) is 0 Å². The molecule has 2 rings (SSSR count).